The Morgan fingerprint density at radius 3 is 2.59 bits per heavy atom. The largest absolute Gasteiger partial charge is 0.465 e. The highest BCUT2D eigenvalue weighted by molar-refractivity contribution is 5.92. The molecule has 0 saturated carbocycles. The van der Waals surface area contributed by atoms with Crippen LogP contribution in [-0.4, -0.2) is 60.5 Å². The van der Waals surface area contributed by atoms with Crippen molar-refractivity contribution in [3.8, 4) is 0 Å². The maximum absolute atomic E-state index is 12.8. The van der Waals surface area contributed by atoms with Crippen LogP contribution >= 0.6 is 0 Å². The second-order valence-electron chi connectivity index (χ2n) is 7.12. The number of urea groups is 1. The van der Waals surface area contributed by atoms with E-state index in [1.807, 2.05) is 9.80 Å². The van der Waals surface area contributed by atoms with Crippen LogP contribution in [0.2, 0.25) is 0 Å². The normalized spacial score (nSPS) is 19.9. The Labute approximate surface area is 159 Å². The fourth-order valence-corrected chi connectivity index (χ4v) is 3.82. The number of hydrogen-bond acceptors (Lipinski definition) is 4. The summed E-state index contributed by atoms with van der Waals surface area (Å²) in [5, 5.41) is 2.92. The molecule has 3 rings (SSSR count). The predicted octanol–water partition coefficient (Wildman–Crippen LogP) is 2.87. The van der Waals surface area contributed by atoms with Crippen LogP contribution in [0, 0.1) is 0 Å². The lowest BCUT2D eigenvalue weighted by Crippen LogP contribution is -2.47. The number of piperidine rings is 1. The molecule has 2 aliphatic heterocycles. The molecule has 1 atom stereocenters. The molecule has 146 valence electrons. The number of carbonyl (C=O) groups excluding carboxylic acids is 3. The van der Waals surface area contributed by atoms with Crippen LogP contribution in [0.15, 0.2) is 24.3 Å². The number of rotatable bonds is 5. The SMILES string of the molecule is COC(=O)c1ccc(NC(=O)N2CCCC[C@@H]2CCN2CCCC2=O)cc1. The number of nitrogens with one attached hydrogen (secondary N) is 1. The Morgan fingerprint density at radius 1 is 1.15 bits per heavy atom. The molecular weight excluding hydrogens is 346 g/mol. The average Bonchev–Trinajstić information content (AvgIpc) is 3.11. The van der Waals surface area contributed by atoms with Gasteiger partial charge in [-0.15, -0.1) is 0 Å². The van der Waals surface area contributed by atoms with Crippen molar-refractivity contribution in [1.82, 2.24) is 9.80 Å². The Kier molecular flexibility index (Phi) is 6.32. The molecule has 0 bridgehead atoms. The molecule has 2 heterocycles. The molecule has 0 aromatic heterocycles. The van der Waals surface area contributed by atoms with E-state index in [-0.39, 0.29) is 18.0 Å². The Morgan fingerprint density at radius 2 is 1.93 bits per heavy atom. The monoisotopic (exact) mass is 373 g/mol. The fraction of sp³-hybridized carbons (Fsp3) is 0.550. The van der Waals surface area contributed by atoms with Gasteiger partial charge in [0.15, 0.2) is 0 Å². The quantitative estimate of drug-likeness (QED) is 0.805. The van der Waals surface area contributed by atoms with E-state index in [0.717, 1.165) is 51.7 Å². The number of methoxy groups -OCH3 is 1. The molecule has 0 unspecified atom stereocenters. The van der Waals surface area contributed by atoms with Crippen molar-refractivity contribution in [3.63, 3.8) is 0 Å². The molecule has 0 radical (unpaired) electrons. The molecule has 1 aromatic rings. The van der Waals surface area contributed by atoms with Crippen molar-refractivity contribution < 1.29 is 19.1 Å². The number of carbonyl (C=O) groups is 3. The molecule has 2 aliphatic rings. The van der Waals surface area contributed by atoms with E-state index in [2.05, 4.69) is 10.1 Å². The third-order valence-electron chi connectivity index (χ3n) is 5.35. The number of amides is 3. The highest BCUT2D eigenvalue weighted by Gasteiger charge is 2.28. The third kappa shape index (κ3) is 4.78. The first-order valence-electron chi connectivity index (χ1n) is 9.62. The summed E-state index contributed by atoms with van der Waals surface area (Å²) in [7, 11) is 1.34. The summed E-state index contributed by atoms with van der Waals surface area (Å²) >= 11 is 0. The van der Waals surface area contributed by atoms with Gasteiger partial charge in [-0.1, -0.05) is 0 Å². The minimum Gasteiger partial charge on any atom is -0.465 e. The fourth-order valence-electron chi connectivity index (χ4n) is 3.82. The first-order valence-corrected chi connectivity index (χ1v) is 9.62. The summed E-state index contributed by atoms with van der Waals surface area (Å²) in [6.07, 6.45) is 5.48. The number of ether oxygens (including phenoxy) is 1. The van der Waals surface area contributed by atoms with Crippen LogP contribution in [0.1, 0.15) is 48.9 Å². The van der Waals surface area contributed by atoms with Gasteiger partial charge < -0.3 is 19.9 Å². The first kappa shape index (κ1) is 19.2. The molecule has 1 aromatic carbocycles. The number of likely N-dealkylation sites (tertiary alicyclic amines) is 2. The molecule has 27 heavy (non-hydrogen) atoms. The van der Waals surface area contributed by atoms with Gasteiger partial charge in [0, 0.05) is 37.8 Å². The predicted molar refractivity (Wildman–Crippen MR) is 102 cm³/mol. The van der Waals surface area contributed by atoms with E-state index in [4.69, 9.17) is 0 Å². The zero-order chi connectivity index (χ0) is 19.2. The van der Waals surface area contributed by atoms with E-state index < -0.39 is 5.97 Å². The summed E-state index contributed by atoms with van der Waals surface area (Å²) in [6, 6.07) is 6.69. The van der Waals surface area contributed by atoms with Gasteiger partial charge in [-0.25, -0.2) is 9.59 Å². The van der Waals surface area contributed by atoms with E-state index in [1.54, 1.807) is 24.3 Å². The second kappa shape index (κ2) is 8.88. The summed E-state index contributed by atoms with van der Waals surface area (Å²) in [6.45, 7) is 2.29. The summed E-state index contributed by atoms with van der Waals surface area (Å²) in [4.78, 5) is 39.9. The standard InChI is InChI=1S/C20H27N3O4/c1-27-19(25)15-7-9-16(10-8-15)21-20(26)23-13-3-2-5-17(23)11-14-22-12-4-6-18(22)24/h7-10,17H,2-6,11-14H2,1H3,(H,21,26)/t17-/m1/s1. The van der Waals surface area contributed by atoms with Crippen molar-refractivity contribution in [2.24, 2.45) is 0 Å². The first-order chi connectivity index (χ1) is 13.1. The lowest BCUT2D eigenvalue weighted by atomic mass is 9.99. The van der Waals surface area contributed by atoms with E-state index in [1.165, 1.54) is 7.11 Å². The van der Waals surface area contributed by atoms with Gasteiger partial charge in [0.2, 0.25) is 5.91 Å². The van der Waals surface area contributed by atoms with Gasteiger partial charge in [0.1, 0.15) is 0 Å². The van der Waals surface area contributed by atoms with Gasteiger partial charge in [-0.3, -0.25) is 4.79 Å². The number of esters is 1. The zero-order valence-corrected chi connectivity index (χ0v) is 15.8. The lowest BCUT2D eigenvalue weighted by Gasteiger charge is -2.36. The van der Waals surface area contributed by atoms with E-state index in [0.29, 0.717) is 17.7 Å². The van der Waals surface area contributed by atoms with E-state index >= 15 is 0 Å². The maximum atomic E-state index is 12.8. The molecule has 7 heteroatoms. The summed E-state index contributed by atoms with van der Waals surface area (Å²) in [5.41, 5.74) is 1.09. The van der Waals surface area contributed by atoms with Crippen LogP contribution < -0.4 is 5.32 Å². The van der Waals surface area contributed by atoms with Crippen LogP contribution in [-0.2, 0) is 9.53 Å². The van der Waals surface area contributed by atoms with Crippen LogP contribution in [0.25, 0.3) is 0 Å². The molecule has 0 spiro atoms. The molecule has 7 nitrogen and oxygen atoms in total. The van der Waals surface area contributed by atoms with Gasteiger partial charge in [-0.2, -0.15) is 0 Å². The maximum Gasteiger partial charge on any atom is 0.337 e. The lowest BCUT2D eigenvalue weighted by molar-refractivity contribution is -0.127. The summed E-state index contributed by atoms with van der Waals surface area (Å²) in [5.74, 6) is -0.173. The Bertz CT molecular complexity index is 689. The van der Waals surface area contributed by atoms with Crippen molar-refractivity contribution in [2.45, 2.75) is 44.6 Å². The zero-order valence-electron chi connectivity index (χ0n) is 15.8. The molecule has 0 aliphatic carbocycles. The van der Waals surface area contributed by atoms with Crippen LogP contribution in [0.4, 0.5) is 10.5 Å². The van der Waals surface area contributed by atoms with Crippen molar-refractivity contribution >= 4 is 23.6 Å². The molecule has 1 N–H and O–H groups in total. The Balaban J connectivity index is 1.57. The van der Waals surface area contributed by atoms with Crippen molar-refractivity contribution in [1.29, 1.82) is 0 Å². The van der Waals surface area contributed by atoms with E-state index in [9.17, 15) is 14.4 Å². The average molecular weight is 373 g/mol. The summed E-state index contributed by atoms with van der Waals surface area (Å²) < 4.78 is 4.68. The van der Waals surface area contributed by atoms with Gasteiger partial charge in [-0.05, 0) is 56.4 Å². The van der Waals surface area contributed by atoms with Crippen LogP contribution in [0.3, 0.4) is 0 Å². The topological polar surface area (TPSA) is 79.0 Å². The van der Waals surface area contributed by atoms with Gasteiger partial charge in [0.05, 0.1) is 12.7 Å². The molecular formula is C20H27N3O4. The smallest absolute Gasteiger partial charge is 0.337 e. The molecule has 2 saturated heterocycles. The van der Waals surface area contributed by atoms with Gasteiger partial charge in [0.25, 0.3) is 0 Å². The highest BCUT2D eigenvalue weighted by Crippen LogP contribution is 2.22. The minimum atomic E-state index is -0.402. The second-order valence-corrected chi connectivity index (χ2v) is 7.12. The highest BCUT2D eigenvalue weighted by atomic mass is 16.5. The number of anilines is 1. The van der Waals surface area contributed by atoms with Crippen LogP contribution in [0.5, 0.6) is 0 Å². The Hall–Kier alpha value is -2.57. The van der Waals surface area contributed by atoms with Crippen molar-refractivity contribution in [3.05, 3.63) is 29.8 Å². The molecule has 3 amide bonds. The van der Waals surface area contributed by atoms with Gasteiger partial charge >= 0.3 is 12.0 Å². The van der Waals surface area contributed by atoms with Crippen molar-refractivity contribution in [2.75, 3.05) is 32.1 Å². The number of benzene rings is 1. The number of nitrogens with zero attached hydrogens (tertiary/aromatic N) is 2. The molecule has 2 fully saturated rings. The minimum absolute atomic E-state index is 0.127. The number of hydrogen-bond donors (Lipinski definition) is 1. The third-order valence-corrected chi connectivity index (χ3v) is 5.35.